The molecule has 0 spiro atoms. The van der Waals surface area contributed by atoms with Crippen LogP contribution in [0.5, 0.6) is 0 Å². The maximum Gasteiger partial charge on any atom is 0.412 e. The Labute approximate surface area is 144 Å². The molecule has 0 saturated heterocycles. The molecule has 5 nitrogen and oxygen atoms in total. The first-order chi connectivity index (χ1) is 10.9. The molecule has 0 aromatic heterocycles. The average Bonchev–Trinajstić information content (AvgIpc) is 2.42. The smallest absolute Gasteiger partial charge is 0.412 e. The number of carbonyl (C=O) groups excluding carboxylic acids is 2. The van der Waals surface area contributed by atoms with Crippen molar-refractivity contribution < 1.29 is 19.1 Å². The molecule has 0 bridgehead atoms. The molecule has 0 aliphatic rings. The fraction of sp³-hybridized carbons (Fsp3) is 0.579. The summed E-state index contributed by atoms with van der Waals surface area (Å²) >= 11 is 0. The van der Waals surface area contributed by atoms with E-state index in [2.05, 4.69) is 26.1 Å². The zero-order valence-electron chi connectivity index (χ0n) is 15.8. The summed E-state index contributed by atoms with van der Waals surface area (Å²) in [5.41, 5.74) is 2.00. The van der Waals surface area contributed by atoms with Gasteiger partial charge >= 0.3 is 12.1 Å². The summed E-state index contributed by atoms with van der Waals surface area (Å²) in [6, 6.07) is 5.74. The first-order valence-corrected chi connectivity index (χ1v) is 8.13. The van der Waals surface area contributed by atoms with E-state index in [1.807, 2.05) is 39.0 Å². The highest BCUT2D eigenvalue weighted by molar-refractivity contribution is 5.86. The molecule has 0 fully saturated rings. The molecule has 0 aliphatic heterocycles. The minimum absolute atomic E-state index is 0.114. The number of benzene rings is 1. The summed E-state index contributed by atoms with van der Waals surface area (Å²) in [7, 11) is 1.37. The third-order valence-corrected chi connectivity index (χ3v) is 3.43. The summed E-state index contributed by atoms with van der Waals surface area (Å²) in [6.45, 7) is 11.7. The minimum Gasteiger partial charge on any atom is -0.469 e. The zero-order valence-corrected chi connectivity index (χ0v) is 15.8. The van der Waals surface area contributed by atoms with Gasteiger partial charge in [0.1, 0.15) is 5.60 Å². The van der Waals surface area contributed by atoms with Crippen LogP contribution in [0.2, 0.25) is 0 Å². The third-order valence-electron chi connectivity index (χ3n) is 3.43. The van der Waals surface area contributed by atoms with Crippen molar-refractivity contribution in [2.24, 2.45) is 0 Å². The van der Waals surface area contributed by atoms with Crippen LogP contribution in [0.1, 0.15) is 59.1 Å². The van der Waals surface area contributed by atoms with Crippen molar-refractivity contribution in [1.82, 2.24) is 0 Å². The van der Waals surface area contributed by atoms with E-state index in [0.29, 0.717) is 12.1 Å². The standard InChI is InChI=1S/C19H29NO4/c1-18(2,3)14-9-8-10-15(13(14)11-12-16(21)23-7)20-17(22)24-19(4,5)6/h8-10H,11-12H2,1-7H3,(H,20,22). The van der Waals surface area contributed by atoms with Crippen molar-refractivity contribution in [3.05, 3.63) is 29.3 Å². The van der Waals surface area contributed by atoms with E-state index in [1.165, 1.54) is 7.11 Å². The Morgan fingerprint density at radius 1 is 1.08 bits per heavy atom. The van der Waals surface area contributed by atoms with Gasteiger partial charge in [0.25, 0.3) is 0 Å². The number of rotatable bonds is 4. The van der Waals surface area contributed by atoms with E-state index in [-0.39, 0.29) is 17.8 Å². The van der Waals surface area contributed by atoms with Crippen LogP contribution in [0, 0.1) is 0 Å². The van der Waals surface area contributed by atoms with Crippen molar-refractivity contribution in [3.63, 3.8) is 0 Å². The first-order valence-electron chi connectivity index (χ1n) is 8.13. The predicted octanol–water partition coefficient (Wildman–Crippen LogP) is 4.44. The lowest BCUT2D eigenvalue weighted by Gasteiger charge is -2.26. The number of methoxy groups -OCH3 is 1. The largest absolute Gasteiger partial charge is 0.469 e. The van der Waals surface area contributed by atoms with Crippen LogP contribution in [0.3, 0.4) is 0 Å². The normalized spacial score (nSPS) is 11.8. The highest BCUT2D eigenvalue weighted by Gasteiger charge is 2.23. The molecule has 1 N–H and O–H groups in total. The van der Waals surface area contributed by atoms with Crippen molar-refractivity contribution in [2.75, 3.05) is 12.4 Å². The van der Waals surface area contributed by atoms with E-state index in [9.17, 15) is 9.59 Å². The van der Waals surface area contributed by atoms with E-state index in [1.54, 1.807) is 0 Å². The summed E-state index contributed by atoms with van der Waals surface area (Å²) in [5.74, 6) is -0.276. The molecule has 1 aromatic rings. The number of carbonyl (C=O) groups is 2. The number of esters is 1. The molecule has 1 aromatic carbocycles. The van der Waals surface area contributed by atoms with Crippen molar-refractivity contribution >= 4 is 17.7 Å². The lowest BCUT2D eigenvalue weighted by Crippen LogP contribution is -2.28. The topological polar surface area (TPSA) is 64.6 Å². The van der Waals surface area contributed by atoms with Crippen LogP contribution in [-0.4, -0.2) is 24.8 Å². The molecular weight excluding hydrogens is 306 g/mol. The Hall–Kier alpha value is -2.04. The second kappa shape index (κ2) is 7.69. The van der Waals surface area contributed by atoms with Gasteiger partial charge in [-0.1, -0.05) is 32.9 Å². The van der Waals surface area contributed by atoms with Crippen LogP contribution in [0.15, 0.2) is 18.2 Å². The van der Waals surface area contributed by atoms with Gasteiger partial charge in [-0.2, -0.15) is 0 Å². The van der Waals surface area contributed by atoms with Gasteiger partial charge in [-0.3, -0.25) is 10.1 Å². The third kappa shape index (κ3) is 6.22. The van der Waals surface area contributed by atoms with Gasteiger partial charge < -0.3 is 9.47 Å². The van der Waals surface area contributed by atoms with Crippen molar-refractivity contribution in [3.8, 4) is 0 Å². The SMILES string of the molecule is COC(=O)CCc1c(NC(=O)OC(C)(C)C)cccc1C(C)(C)C. The molecule has 0 atom stereocenters. The molecule has 24 heavy (non-hydrogen) atoms. The molecule has 1 rings (SSSR count). The maximum atomic E-state index is 12.1. The number of ether oxygens (including phenoxy) is 2. The Morgan fingerprint density at radius 3 is 2.21 bits per heavy atom. The molecule has 0 heterocycles. The average molecular weight is 335 g/mol. The molecule has 0 radical (unpaired) electrons. The molecule has 1 amide bonds. The van der Waals surface area contributed by atoms with Crippen LogP contribution in [0.25, 0.3) is 0 Å². The Morgan fingerprint density at radius 2 is 1.71 bits per heavy atom. The van der Waals surface area contributed by atoms with Gasteiger partial charge in [-0.25, -0.2) is 4.79 Å². The second-order valence-corrected chi connectivity index (χ2v) is 7.78. The minimum atomic E-state index is -0.572. The number of nitrogens with one attached hydrogen (secondary N) is 1. The fourth-order valence-corrected chi connectivity index (χ4v) is 2.42. The van der Waals surface area contributed by atoms with Gasteiger partial charge in [0.2, 0.25) is 0 Å². The molecule has 5 heteroatoms. The van der Waals surface area contributed by atoms with Crippen LogP contribution in [-0.2, 0) is 26.1 Å². The predicted molar refractivity (Wildman–Crippen MR) is 95.3 cm³/mol. The van der Waals surface area contributed by atoms with Gasteiger partial charge in [0.05, 0.1) is 7.11 Å². The Kier molecular flexibility index (Phi) is 6.41. The van der Waals surface area contributed by atoms with Gasteiger partial charge in [0, 0.05) is 12.1 Å². The number of hydrogen-bond donors (Lipinski definition) is 1. The van der Waals surface area contributed by atoms with Gasteiger partial charge in [0.15, 0.2) is 0 Å². The van der Waals surface area contributed by atoms with Gasteiger partial charge in [-0.05, 0) is 49.8 Å². The molecular formula is C19H29NO4. The zero-order chi connectivity index (χ0) is 18.5. The number of amides is 1. The lowest BCUT2D eigenvalue weighted by molar-refractivity contribution is -0.140. The van der Waals surface area contributed by atoms with Crippen molar-refractivity contribution in [1.29, 1.82) is 0 Å². The van der Waals surface area contributed by atoms with E-state index in [0.717, 1.165) is 11.1 Å². The lowest BCUT2D eigenvalue weighted by atomic mass is 9.82. The van der Waals surface area contributed by atoms with Crippen LogP contribution >= 0.6 is 0 Å². The van der Waals surface area contributed by atoms with Crippen LogP contribution in [0.4, 0.5) is 10.5 Å². The summed E-state index contributed by atoms with van der Waals surface area (Å²) in [4.78, 5) is 23.6. The molecule has 134 valence electrons. The first kappa shape index (κ1) is 20.0. The Balaban J connectivity index is 3.14. The molecule has 0 saturated carbocycles. The second-order valence-electron chi connectivity index (χ2n) is 7.78. The van der Waals surface area contributed by atoms with Crippen molar-refractivity contribution in [2.45, 2.75) is 65.4 Å². The summed E-state index contributed by atoms with van der Waals surface area (Å²) < 4.78 is 10.1. The van der Waals surface area contributed by atoms with E-state index < -0.39 is 11.7 Å². The van der Waals surface area contributed by atoms with Crippen LogP contribution < -0.4 is 5.32 Å². The van der Waals surface area contributed by atoms with E-state index in [4.69, 9.17) is 9.47 Å². The highest BCUT2D eigenvalue weighted by atomic mass is 16.6. The molecule has 0 aliphatic carbocycles. The van der Waals surface area contributed by atoms with E-state index >= 15 is 0 Å². The quantitative estimate of drug-likeness (QED) is 0.826. The maximum absolute atomic E-state index is 12.1. The summed E-state index contributed by atoms with van der Waals surface area (Å²) in [6.07, 6.45) is 0.241. The Bertz CT molecular complexity index is 594. The summed E-state index contributed by atoms with van der Waals surface area (Å²) in [5, 5.41) is 2.81. The fourth-order valence-electron chi connectivity index (χ4n) is 2.42. The molecule has 0 unspecified atom stereocenters. The number of anilines is 1. The number of hydrogen-bond acceptors (Lipinski definition) is 4. The monoisotopic (exact) mass is 335 g/mol. The van der Waals surface area contributed by atoms with Gasteiger partial charge in [-0.15, -0.1) is 0 Å². The highest BCUT2D eigenvalue weighted by Crippen LogP contribution is 2.32.